The Morgan fingerprint density at radius 1 is 0.979 bits per heavy atom. The SMILES string of the molecule is CCCC(CCC)S(=O)(=O)CC(NC(=O)c1cc(C)[nH]n1)C(=O)O[C@H](CNCc1cccc(CC)c1)[C@@H](N)Cc1cc(F)cc(F)c1. The number of esters is 1. The predicted octanol–water partition coefficient (Wildman–Crippen LogP) is 4.31. The second-order valence-corrected chi connectivity index (χ2v) is 14.2. The highest BCUT2D eigenvalue weighted by molar-refractivity contribution is 7.92. The van der Waals surface area contributed by atoms with Crippen molar-refractivity contribution < 1.29 is 31.5 Å². The Balaban J connectivity index is 1.88. The highest BCUT2D eigenvalue weighted by Crippen LogP contribution is 2.19. The van der Waals surface area contributed by atoms with Crippen LogP contribution < -0.4 is 16.4 Å². The van der Waals surface area contributed by atoms with E-state index < -0.39 is 62.5 Å². The van der Waals surface area contributed by atoms with E-state index in [0.717, 1.165) is 35.7 Å². The number of aryl methyl sites for hydroxylation is 2. The zero-order chi connectivity index (χ0) is 34.6. The molecule has 47 heavy (non-hydrogen) atoms. The first-order chi connectivity index (χ1) is 22.3. The average molecular weight is 676 g/mol. The molecule has 13 heteroatoms. The smallest absolute Gasteiger partial charge is 0.330 e. The molecule has 0 bridgehead atoms. The first-order valence-corrected chi connectivity index (χ1v) is 17.8. The van der Waals surface area contributed by atoms with Gasteiger partial charge in [0.1, 0.15) is 29.5 Å². The molecule has 3 aromatic rings. The summed E-state index contributed by atoms with van der Waals surface area (Å²) >= 11 is 0. The van der Waals surface area contributed by atoms with Crippen LogP contribution in [0.15, 0.2) is 48.5 Å². The lowest BCUT2D eigenvalue weighted by Gasteiger charge is -2.28. The number of nitrogens with two attached hydrogens (primary N) is 1. The minimum atomic E-state index is -3.86. The molecule has 0 aliphatic rings. The summed E-state index contributed by atoms with van der Waals surface area (Å²) in [6, 6.07) is 9.95. The summed E-state index contributed by atoms with van der Waals surface area (Å²) in [5, 5.41) is 11.6. The van der Waals surface area contributed by atoms with Crippen molar-refractivity contribution in [2.75, 3.05) is 12.3 Å². The van der Waals surface area contributed by atoms with Crippen molar-refractivity contribution in [1.82, 2.24) is 20.8 Å². The highest BCUT2D eigenvalue weighted by Gasteiger charge is 2.35. The Morgan fingerprint density at radius 3 is 2.23 bits per heavy atom. The predicted molar refractivity (Wildman–Crippen MR) is 177 cm³/mol. The van der Waals surface area contributed by atoms with Crippen LogP contribution in [0.1, 0.15) is 79.3 Å². The lowest BCUT2D eigenvalue weighted by molar-refractivity contribution is -0.151. The van der Waals surface area contributed by atoms with Gasteiger partial charge in [-0.1, -0.05) is 57.9 Å². The zero-order valence-electron chi connectivity index (χ0n) is 27.5. The van der Waals surface area contributed by atoms with Gasteiger partial charge in [-0.05, 0) is 67.5 Å². The van der Waals surface area contributed by atoms with Crippen LogP contribution in [0.4, 0.5) is 8.78 Å². The number of nitrogens with one attached hydrogen (secondary N) is 3. The van der Waals surface area contributed by atoms with Gasteiger partial charge in [-0.2, -0.15) is 5.10 Å². The normalized spacial score (nSPS) is 13.7. The van der Waals surface area contributed by atoms with E-state index in [9.17, 15) is 26.8 Å². The van der Waals surface area contributed by atoms with Gasteiger partial charge >= 0.3 is 5.97 Å². The first kappa shape index (κ1) is 37.8. The molecule has 0 saturated carbocycles. The summed E-state index contributed by atoms with van der Waals surface area (Å²) in [6.07, 6.45) is 1.83. The van der Waals surface area contributed by atoms with Gasteiger partial charge in [-0.25, -0.2) is 22.0 Å². The fraction of sp³-hybridized carbons (Fsp3) is 0.500. The molecule has 1 amide bonds. The maximum atomic E-state index is 14.0. The molecular weight excluding hydrogens is 628 g/mol. The van der Waals surface area contributed by atoms with Crippen molar-refractivity contribution in [2.24, 2.45) is 5.73 Å². The number of sulfone groups is 1. The highest BCUT2D eigenvalue weighted by atomic mass is 32.2. The van der Waals surface area contributed by atoms with Gasteiger partial charge < -0.3 is 21.1 Å². The summed E-state index contributed by atoms with van der Waals surface area (Å²) in [6.45, 7) is 7.96. The summed E-state index contributed by atoms with van der Waals surface area (Å²) in [4.78, 5) is 26.9. The summed E-state index contributed by atoms with van der Waals surface area (Å²) < 4.78 is 60.9. The lowest BCUT2D eigenvalue weighted by atomic mass is 10.0. The van der Waals surface area contributed by atoms with E-state index in [2.05, 4.69) is 20.8 Å². The number of halogens is 2. The van der Waals surface area contributed by atoms with Crippen LogP contribution in [0.3, 0.4) is 0 Å². The molecule has 3 rings (SSSR count). The van der Waals surface area contributed by atoms with Crippen molar-refractivity contribution in [1.29, 1.82) is 0 Å². The van der Waals surface area contributed by atoms with Gasteiger partial charge in [0.05, 0.1) is 11.0 Å². The van der Waals surface area contributed by atoms with E-state index in [1.54, 1.807) is 6.92 Å². The molecule has 258 valence electrons. The molecule has 0 saturated heterocycles. The number of ether oxygens (including phenoxy) is 1. The van der Waals surface area contributed by atoms with E-state index in [1.165, 1.54) is 6.07 Å². The van der Waals surface area contributed by atoms with Crippen LogP contribution in [0.5, 0.6) is 0 Å². The Labute approximate surface area is 276 Å². The minimum absolute atomic E-state index is 0.0197. The summed E-state index contributed by atoms with van der Waals surface area (Å²) in [7, 11) is -3.86. The fourth-order valence-corrected chi connectivity index (χ4v) is 7.56. The van der Waals surface area contributed by atoms with Crippen LogP contribution in [0.25, 0.3) is 0 Å². The molecule has 2 aromatic carbocycles. The number of benzene rings is 2. The topological polar surface area (TPSA) is 156 Å². The molecular formula is C34H47F2N5O5S. The summed E-state index contributed by atoms with van der Waals surface area (Å²) in [5.74, 6) is -3.98. The molecule has 10 nitrogen and oxygen atoms in total. The number of amides is 1. The van der Waals surface area contributed by atoms with E-state index in [4.69, 9.17) is 10.5 Å². The van der Waals surface area contributed by atoms with Gasteiger partial charge in [-0.15, -0.1) is 0 Å². The standard InChI is InChI=1S/C34H47F2N5O5S/c1-5-9-28(10-6-2)47(44,45)21-31(39-33(42)30-13-22(4)40-41-30)34(43)46-32(20-38-19-24-12-8-11-23(7-3)14-24)29(37)17-25-15-26(35)18-27(36)16-25/h8,11-16,18,28-29,31-32,38H,5-7,9-10,17,19-21,37H2,1-4H3,(H,39,42)(H,40,41)/t29-,31?,32+/m0/s1. The number of carbonyl (C=O) groups excluding carboxylic acids is 2. The number of nitrogens with zero attached hydrogens (tertiary/aromatic N) is 1. The number of hydrogen-bond acceptors (Lipinski definition) is 8. The lowest BCUT2D eigenvalue weighted by Crippen LogP contribution is -2.52. The van der Waals surface area contributed by atoms with Gasteiger partial charge in [0.25, 0.3) is 5.91 Å². The average Bonchev–Trinajstić information content (AvgIpc) is 3.45. The number of H-pyrrole nitrogens is 1. The van der Waals surface area contributed by atoms with Crippen LogP contribution in [0, 0.1) is 18.6 Å². The van der Waals surface area contributed by atoms with E-state index in [-0.39, 0.29) is 24.2 Å². The Kier molecular flexibility index (Phi) is 14.5. The Morgan fingerprint density at radius 2 is 1.64 bits per heavy atom. The molecule has 0 aliphatic heterocycles. The van der Waals surface area contributed by atoms with Gasteiger partial charge in [0.2, 0.25) is 0 Å². The largest absolute Gasteiger partial charge is 0.458 e. The van der Waals surface area contributed by atoms with Crippen molar-refractivity contribution in [3.63, 3.8) is 0 Å². The molecule has 3 atom stereocenters. The Bertz CT molecular complexity index is 1560. The fourth-order valence-electron chi connectivity index (χ4n) is 5.41. The molecule has 1 aromatic heterocycles. The molecule has 1 unspecified atom stereocenters. The van der Waals surface area contributed by atoms with Crippen LogP contribution in [0.2, 0.25) is 0 Å². The van der Waals surface area contributed by atoms with Crippen molar-refractivity contribution in [3.05, 3.63) is 88.2 Å². The second-order valence-electron chi connectivity index (χ2n) is 11.9. The maximum absolute atomic E-state index is 14.0. The Hall–Kier alpha value is -3.68. The molecule has 0 aliphatic carbocycles. The molecule has 0 spiro atoms. The monoisotopic (exact) mass is 675 g/mol. The van der Waals surface area contributed by atoms with E-state index in [0.29, 0.717) is 37.9 Å². The van der Waals surface area contributed by atoms with Gasteiger partial charge in [-0.3, -0.25) is 9.89 Å². The third-order valence-electron chi connectivity index (χ3n) is 7.87. The molecule has 0 fully saturated rings. The number of rotatable bonds is 19. The van der Waals surface area contributed by atoms with Gasteiger partial charge in [0, 0.05) is 30.9 Å². The van der Waals surface area contributed by atoms with Crippen molar-refractivity contribution in [3.8, 4) is 0 Å². The number of hydrogen-bond donors (Lipinski definition) is 4. The minimum Gasteiger partial charge on any atom is -0.458 e. The maximum Gasteiger partial charge on any atom is 0.330 e. The van der Waals surface area contributed by atoms with Gasteiger partial charge in [0.15, 0.2) is 9.84 Å². The quantitative estimate of drug-likeness (QED) is 0.137. The molecule has 0 radical (unpaired) electrons. The number of aromatic amines is 1. The second kappa shape index (κ2) is 18.0. The van der Waals surface area contributed by atoms with Crippen LogP contribution in [-0.2, 0) is 38.8 Å². The van der Waals surface area contributed by atoms with E-state index >= 15 is 0 Å². The van der Waals surface area contributed by atoms with E-state index in [1.807, 2.05) is 45.0 Å². The zero-order valence-corrected chi connectivity index (χ0v) is 28.3. The van der Waals surface area contributed by atoms with Crippen LogP contribution in [-0.4, -0.2) is 66.2 Å². The third-order valence-corrected chi connectivity index (χ3v) is 10.2. The third kappa shape index (κ3) is 11.8. The first-order valence-electron chi connectivity index (χ1n) is 16.1. The summed E-state index contributed by atoms with van der Waals surface area (Å²) in [5.41, 5.74) is 9.46. The molecule has 5 N–H and O–H groups in total. The number of carbonyl (C=O) groups is 2. The van der Waals surface area contributed by atoms with Crippen molar-refractivity contribution in [2.45, 2.75) is 96.2 Å². The van der Waals surface area contributed by atoms with Crippen LogP contribution >= 0.6 is 0 Å². The number of aromatic nitrogens is 2. The van der Waals surface area contributed by atoms with Crippen molar-refractivity contribution >= 4 is 21.7 Å². The molecule has 1 heterocycles.